The molecule has 0 aliphatic rings. The first kappa shape index (κ1) is 16.8. The van der Waals surface area contributed by atoms with E-state index in [4.69, 9.17) is 5.73 Å². The zero-order valence-corrected chi connectivity index (χ0v) is 12.4. The monoisotopic (exact) mass is 354 g/mol. The lowest BCUT2D eigenvalue weighted by Crippen LogP contribution is -2.47. The van der Waals surface area contributed by atoms with Crippen LogP contribution in [0.5, 0.6) is 5.75 Å². The number of anilines is 1. The molecule has 0 radical (unpaired) electrons. The van der Waals surface area contributed by atoms with Crippen LogP contribution >= 0.6 is 15.9 Å². The Morgan fingerprint density at radius 3 is 2.50 bits per heavy atom. The summed E-state index contributed by atoms with van der Waals surface area (Å²) in [4.78, 5) is 11.8. The third kappa shape index (κ3) is 4.68. The molecule has 8 heteroatoms. The van der Waals surface area contributed by atoms with E-state index in [0.29, 0.717) is 12.1 Å². The molecule has 0 aromatic heterocycles. The molecule has 0 heterocycles. The largest absolute Gasteiger partial charge is 0.573 e. The summed E-state index contributed by atoms with van der Waals surface area (Å²) in [5, 5.41) is 2.53. The average molecular weight is 355 g/mol. The number of rotatable bonds is 4. The highest BCUT2D eigenvalue weighted by molar-refractivity contribution is 9.10. The van der Waals surface area contributed by atoms with Crippen LogP contribution in [-0.4, -0.2) is 17.8 Å². The second kappa shape index (κ2) is 6.01. The van der Waals surface area contributed by atoms with Gasteiger partial charge in [-0.3, -0.25) is 4.79 Å². The minimum absolute atomic E-state index is 0.0721. The lowest BCUT2D eigenvalue weighted by Gasteiger charge is -2.21. The van der Waals surface area contributed by atoms with E-state index in [-0.39, 0.29) is 10.2 Å². The summed E-state index contributed by atoms with van der Waals surface area (Å²) in [5.41, 5.74) is 5.03. The predicted octanol–water partition coefficient (Wildman–Crippen LogP) is 3.41. The number of halogens is 4. The van der Waals surface area contributed by atoms with Crippen molar-refractivity contribution in [3.8, 4) is 5.75 Å². The van der Waals surface area contributed by atoms with E-state index >= 15 is 0 Å². The van der Waals surface area contributed by atoms with E-state index in [9.17, 15) is 18.0 Å². The van der Waals surface area contributed by atoms with Gasteiger partial charge < -0.3 is 15.8 Å². The smallest absolute Gasteiger partial charge is 0.405 e. The molecule has 1 rings (SSSR count). The maximum absolute atomic E-state index is 12.1. The molecule has 0 bridgehead atoms. The number of alkyl halides is 3. The fourth-order valence-electron chi connectivity index (χ4n) is 1.22. The highest BCUT2D eigenvalue weighted by Crippen LogP contribution is 2.32. The first-order valence-corrected chi connectivity index (χ1v) is 6.50. The molecule has 0 aliphatic carbocycles. The Bertz CT molecular complexity index is 504. The molecular weight excluding hydrogens is 341 g/mol. The number of nitrogens with two attached hydrogens (primary N) is 1. The molecule has 0 aliphatic heterocycles. The second-order valence-electron chi connectivity index (χ2n) is 4.42. The van der Waals surface area contributed by atoms with Gasteiger partial charge in [0.05, 0.1) is 10.0 Å². The number of ether oxygens (including phenoxy) is 1. The third-order valence-corrected chi connectivity index (χ3v) is 3.29. The van der Waals surface area contributed by atoms with Crippen molar-refractivity contribution in [3.63, 3.8) is 0 Å². The van der Waals surface area contributed by atoms with Gasteiger partial charge in [0.25, 0.3) is 0 Å². The summed E-state index contributed by atoms with van der Waals surface area (Å²) in [6.45, 7) is 3.33. The number of benzene rings is 1. The van der Waals surface area contributed by atoms with Crippen LogP contribution in [0.2, 0.25) is 0 Å². The van der Waals surface area contributed by atoms with E-state index in [0.717, 1.165) is 6.07 Å². The van der Waals surface area contributed by atoms with Crippen LogP contribution < -0.4 is 15.8 Å². The standard InChI is InChI=1S/C12H14BrF3N2O2/c1-3-11(2,17)10(19)18-7-4-5-9(8(13)6-7)20-12(14,15)16/h4-6H,3,17H2,1-2H3,(H,18,19). The third-order valence-electron chi connectivity index (χ3n) is 2.67. The summed E-state index contributed by atoms with van der Waals surface area (Å²) >= 11 is 2.95. The molecule has 0 fully saturated rings. The van der Waals surface area contributed by atoms with Gasteiger partial charge in [-0.15, -0.1) is 13.2 Å². The molecule has 0 saturated carbocycles. The Labute approximate surface area is 122 Å². The Kier molecular flexibility index (Phi) is 5.04. The van der Waals surface area contributed by atoms with Crippen LogP contribution in [-0.2, 0) is 4.79 Å². The maximum Gasteiger partial charge on any atom is 0.573 e. The number of hydrogen-bond acceptors (Lipinski definition) is 3. The van der Waals surface area contributed by atoms with Crippen LogP contribution in [0.4, 0.5) is 18.9 Å². The average Bonchev–Trinajstić information content (AvgIpc) is 2.31. The summed E-state index contributed by atoms with van der Waals surface area (Å²) < 4.78 is 40.2. The SMILES string of the molecule is CCC(C)(N)C(=O)Nc1ccc(OC(F)(F)F)c(Br)c1. The molecule has 3 N–H and O–H groups in total. The van der Waals surface area contributed by atoms with Crippen molar-refractivity contribution in [1.29, 1.82) is 0 Å². The fourth-order valence-corrected chi connectivity index (χ4v) is 1.68. The lowest BCUT2D eigenvalue weighted by atomic mass is 9.99. The van der Waals surface area contributed by atoms with E-state index in [1.807, 2.05) is 0 Å². The lowest BCUT2D eigenvalue weighted by molar-refractivity contribution is -0.274. The van der Waals surface area contributed by atoms with Crippen molar-refractivity contribution in [2.24, 2.45) is 5.73 Å². The Morgan fingerprint density at radius 1 is 1.45 bits per heavy atom. The molecule has 1 unspecified atom stereocenters. The number of carbonyl (C=O) groups excluding carboxylic acids is 1. The number of amides is 1. The van der Waals surface area contributed by atoms with E-state index in [1.165, 1.54) is 12.1 Å². The summed E-state index contributed by atoms with van der Waals surface area (Å²) in [6, 6.07) is 3.72. The fraction of sp³-hybridized carbons (Fsp3) is 0.417. The summed E-state index contributed by atoms with van der Waals surface area (Å²) in [7, 11) is 0. The van der Waals surface area contributed by atoms with Crippen LogP contribution in [0, 0.1) is 0 Å². The quantitative estimate of drug-likeness (QED) is 0.870. The van der Waals surface area contributed by atoms with Crippen LogP contribution in [0.3, 0.4) is 0 Å². The van der Waals surface area contributed by atoms with Gasteiger partial charge in [-0.1, -0.05) is 6.92 Å². The van der Waals surface area contributed by atoms with E-state index in [1.54, 1.807) is 13.8 Å². The first-order chi connectivity index (χ1) is 9.05. The van der Waals surface area contributed by atoms with E-state index < -0.39 is 17.8 Å². The van der Waals surface area contributed by atoms with Crippen molar-refractivity contribution >= 4 is 27.5 Å². The Morgan fingerprint density at radius 2 is 2.05 bits per heavy atom. The van der Waals surface area contributed by atoms with Gasteiger partial charge in [-0.25, -0.2) is 0 Å². The predicted molar refractivity (Wildman–Crippen MR) is 72.3 cm³/mol. The van der Waals surface area contributed by atoms with Gasteiger partial charge in [-0.2, -0.15) is 0 Å². The summed E-state index contributed by atoms with van der Waals surface area (Å²) in [5.74, 6) is -0.808. The molecule has 20 heavy (non-hydrogen) atoms. The van der Waals surface area contributed by atoms with Crippen LogP contribution in [0.15, 0.2) is 22.7 Å². The zero-order valence-electron chi connectivity index (χ0n) is 10.8. The Hall–Kier alpha value is -1.28. The number of carbonyl (C=O) groups is 1. The Balaban J connectivity index is 2.86. The van der Waals surface area contributed by atoms with Crippen molar-refractivity contribution in [1.82, 2.24) is 0 Å². The van der Waals surface area contributed by atoms with Gasteiger partial charge in [0, 0.05) is 5.69 Å². The number of nitrogens with one attached hydrogen (secondary N) is 1. The van der Waals surface area contributed by atoms with Crippen LogP contribution in [0.1, 0.15) is 20.3 Å². The maximum atomic E-state index is 12.1. The summed E-state index contributed by atoms with van der Waals surface area (Å²) in [6.07, 6.45) is -4.35. The van der Waals surface area contributed by atoms with Crippen molar-refractivity contribution in [3.05, 3.63) is 22.7 Å². The van der Waals surface area contributed by atoms with Crippen LogP contribution in [0.25, 0.3) is 0 Å². The molecular formula is C12H14BrF3N2O2. The van der Waals surface area contributed by atoms with Gasteiger partial charge in [0.15, 0.2) is 0 Å². The minimum atomic E-state index is -4.77. The normalized spacial score (nSPS) is 14.6. The minimum Gasteiger partial charge on any atom is -0.405 e. The number of hydrogen-bond donors (Lipinski definition) is 2. The topological polar surface area (TPSA) is 64.4 Å². The molecule has 0 saturated heterocycles. The molecule has 1 amide bonds. The molecule has 4 nitrogen and oxygen atoms in total. The molecule has 1 atom stereocenters. The molecule has 112 valence electrons. The van der Waals surface area contributed by atoms with E-state index in [2.05, 4.69) is 26.0 Å². The van der Waals surface area contributed by atoms with Crippen molar-refractivity contribution in [2.45, 2.75) is 32.2 Å². The molecule has 1 aromatic carbocycles. The van der Waals surface area contributed by atoms with Crippen molar-refractivity contribution < 1.29 is 22.7 Å². The van der Waals surface area contributed by atoms with Gasteiger partial charge in [0.2, 0.25) is 5.91 Å². The highest BCUT2D eigenvalue weighted by Gasteiger charge is 2.32. The highest BCUT2D eigenvalue weighted by atomic mass is 79.9. The van der Waals surface area contributed by atoms with Gasteiger partial charge in [-0.05, 0) is 47.5 Å². The molecule has 1 aromatic rings. The second-order valence-corrected chi connectivity index (χ2v) is 5.27. The first-order valence-electron chi connectivity index (χ1n) is 5.71. The molecule has 0 spiro atoms. The van der Waals surface area contributed by atoms with Crippen molar-refractivity contribution in [2.75, 3.05) is 5.32 Å². The van der Waals surface area contributed by atoms with Gasteiger partial charge in [0.1, 0.15) is 5.75 Å². The zero-order chi connectivity index (χ0) is 15.6. The van der Waals surface area contributed by atoms with Gasteiger partial charge >= 0.3 is 6.36 Å².